The van der Waals surface area contributed by atoms with E-state index in [2.05, 4.69) is 14.9 Å². The van der Waals surface area contributed by atoms with Gasteiger partial charge in [0.1, 0.15) is 11.6 Å². The third kappa shape index (κ3) is 4.60. The first-order chi connectivity index (χ1) is 13.8. The van der Waals surface area contributed by atoms with E-state index in [9.17, 15) is 4.79 Å². The maximum absolute atomic E-state index is 12.2. The van der Waals surface area contributed by atoms with Crippen molar-refractivity contribution in [3.05, 3.63) is 58.9 Å². The van der Waals surface area contributed by atoms with Crippen molar-refractivity contribution in [3.8, 4) is 17.1 Å². The fourth-order valence-corrected chi connectivity index (χ4v) is 3.74. The molecule has 5 nitrogen and oxygen atoms in total. The van der Waals surface area contributed by atoms with Gasteiger partial charge in [0.2, 0.25) is 0 Å². The number of likely N-dealkylation sites (tertiary alicyclic amines) is 1. The number of rotatable bonds is 7. The number of ether oxygens (including phenoxy) is 1. The highest BCUT2D eigenvalue weighted by Gasteiger charge is 2.09. The quantitative estimate of drug-likeness (QED) is 0.626. The SMILES string of the molecule is O=c1[nH]c(-c2ccc(OCCCCN3CCCCC3)cc2)nc2ccccc12. The molecule has 1 N–H and O–H groups in total. The number of nitrogens with zero attached hydrogens (tertiary/aromatic N) is 2. The lowest BCUT2D eigenvalue weighted by Crippen LogP contribution is -2.30. The number of aromatic nitrogens is 2. The molecular formula is C23H27N3O2. The van der Waals surface area contributed by atoms with Crippen LogP contribution >= 0.6 is 0 Å². The molecule has 0 amide bonds. The zero-order valence-electron chi connectivity index (χ0n) is 16.2. The number of benzene rings is 2. The van der Waals surface area contributed by atoms with Crippen LogP contribution in [0.4, 0.5) is 0 Å². The number of H-pyrrole nitrogens is 1. The van der Waals surface area contributed by atoms with Crippen molar-refractivity contribution in [1.82, 2.24) is 14.9 Å². The van der Waals surface area contributed by atoms with Gasteiger partial charge in [0.25, 0.3) is 5.56 Å². The standard InChI is InChI=1S/C23H27N3O2/c27-23-20-8-2-3-9-21(20)24-22(25-23)18-10-12-19(13-11-18)28-17-7-6-16-26-14-4-1-5-15-26/h2-3,8-13H,1,4-7,14-17H2,(H,24,25,27). The first-order valence-corrected chi connectivity index (χ1v) is 10.2. The Hall–Kier alpha value is -2.66. The molecule has 0 atom stereocenters. The van der Waals surface area contributed by atoms with Crippen LogP contribution in [0.15, 0.2) is 53.3 Å². The topological polar surface area (TPSA) is 58.2 Å². The molecule has 2 aromatic carbocycles. The van der Waals surface area contributed by atoms with Crippen molar-refractivity contribution in [2.24, 2.45) is 0 Å². The van der Waals surface area contributed by atoms with Crippen LogP contribution in [0.2, 0.25) is 0 Å². The summed E-state index contributed by atoms with van der Waals surface area (Å²) in [6.07, 6.45) is 6.33. The highest BCUT2D eigenvalue weighted by atomic mass is 16.5. The lowest BCUT2D eigenvalue weighted by Gasteiger charge is -2.26. The van der Waals surface area contributed by atoms with Gasteiger partial charge in [-0.15, -0.1) is 0 Å². The van der Waals surface area contributed by atoms with Crippen molar-refractivity contribution in [2.45, 2.75) is 32.1 Å². The Morgan fingerprint density at radius 1 is 0.964 bits per heavy atom. The lowest BCUT2D eigenvalue weighted by atomic mass is 10.1. The van der Waals surface area contributed by atoms with Crippen molar-refractivity contribution in [3.63, 3.8) is 0 Å². The average Bonchev–Trinajstić information content (AvgIpc) is 2.75. The minimum atomic E-state index is -0.116. The highest BCUT2D eigenvalue weighted by Crippen LogP contribution is 2.20. The molecule has 0 unspecified atom stereocenters. The Kier molecular flexibility index (Phi) is 6.02. The van der Waals surface area contributed by atoms with Crippen LogP contribution in [0.5, 0.6) is 5.75 Å². The molecule has 1 saturated heterocycles. The van der Waals surface area contributed by atoms with Gasteiger partial charge in [0.05, 0.1) is 17.5 Å². The maximum atomic E-state index is 12.2. The van der Waals surface area contributed by atoms with Gasteiger partial charge >= 0.3 is 0 Å². The largest absolute Gasteiger partial charge is 0.494 e. The van der Waals surface area contributed by atoms with E-state index in [1.165, 1.54) is 45.3 Å². The summed E-state index contributed by atoms with van der Waals surface area (Å²) < 4.78 is 5.87. The average molecular weight is 377 g/mol. The van der Waals surface area contributed by atoms with E-state index in [-0.39, 0.29) is 5.56 Å². The molecular weight excluding hydrogens is 350 g/mol. The molecule has 1 aromatic heterocycles. The molecule has 1 aliphatic rings. The van der Waals surface area contributed by atoms with E-state index in [4.69, 9.17) is 4.74 Å². The molecule has 0 aliphatic carbocycles. The second kappa shape index (κ2) is 9.02. The third-order valence-electron chi connectivity index (χ3n) is 5.33. The van der Waals surface area contributed by atoms with Crippen molar-refractivity contribution < 1.29 is 4.74 Å². The van der Waals surface area contributed by atoms with Crippen LogP contribution in [-0.2, 0) is 0 Å². The summed E-state index contributed by atoms with van der Waals surface area (Å²) >= 11 is 0. The number of piperidine rings is 1. The fourth-order valence-electron chi connectivity index (χ4n) is 3.74. The summed E-state index contributed by atoms with van der Waals surface area (Å²) in [5.74, 6) is 1.43. The summed E-state index contributed by atoms with van der Waals surface area (Å²) in [7, 11) is 0. The monoisotopic (exact) mass is 377 g/mol. The first-order valence-electron chi connectivity index (χ1n) is 10.2. The number of fused-ring (bicyclic) bond motifs is 1. The van der Waals surface area contributed by atoms with Crippen LogP contribution in [0.1, 0.15) is 32.1 Å². The second-order valence-corrected chi connectivity index (χ2v) is 7.41. The number of nitrogens with one attached hydrogen (secondary N) is 1. The molecule has 5 heteroatoms. The molecule has 146 valence electrons. The fraction of sp³-hybridized carbons (Fsp3) is 0.391. The van der Waals surface area contributed by atoms with Crippen LogP contribution in [0.25, 0.3) is 22.3 Å². The highest BCUT2D eigenvalue weighted by molar-refractivity contribution is 5.79. The Balaban J connectivity index is 1.31. The van der Waals surface area contributed by atoms with Gasteiger partial charge < -0.3 is 14.6 Å². The number of aromatic amines is 1. The molecule has 1 aliphatic heterocycles. The zero-order valence-corrected chi connectivity index (χ0v) is 16.2. The second-order valence-electron chi connectivity index (χ2n) is 7.41. The van der Waals surface area contributed by atoms with E-state index in [0.717, 1.165) is 24.3 Å². The van der Waals surface area contributed by atoms with Gasteiger partial charge in [-0.05, 0) is 81.7 Å². The van der Waals surface area contributed by atoms with Gasteiger partial charge in [-0.2, -0.15) is 0 Å². The van der Waals surface area contributed by atoms with E-state index in [1.807, 2.05) is 42.5 Å². The van der Waals surface area contributed by atoms with Gasteiger partial charge in [0, 0.05) is 5.56 Å². The predicted molar refractivity (Wildman–Crippen MR) is 113 cm³/mol. The van der Waals surface area contributed by atoms with Crippen molar-refractivity contribution >= 4 is 10.9 Å². The van der Waals surface area contributed by atoms with E-state index >= 15 is 0 Å². The summed E-state index contributed by atoms with van der Waals surface area (Å²) in [6.45, 7) is 4.43. The summed E-state index contributed by atoms with van der Waals surface area (Å²) in [5, 5.41) is 0.607. The number of hydrogen-bond donors (Lipinski definition) is 1. The Morgan fingerprint density at radius 2 is 1.75 bits per heavy atom. The summed E-state index contributed by atoms with van der Waals surface area (Å²) in [6, 6.07) is 15.1. The van der Waals surface area contributed by atoms with E-state index in [0.29, 0.717) is 16.7 Å². The Morgan fingerprint density at radius 3 is 2.57 bits per heavy atom. The Bertz CT molecular complexity index is 959. The minimum absolute atomic E-state index is 0.116. The molecule has 1 fully saturated rings. The van der Waals surface area contributed by atoms with Gasteiger partial charge in [-0.25, -0.2) is 4.98 Å². The van der Waals surface area contributed by atoms with Gasteiger partial charge in [0.15, 0.2) is 0 Å². The van der Waals surface area contributed by atoms with Crippen LogP contribution < -0.4 is 10.3 Å². The van der Waals surface area contributed by atoms with Crippen LogP contribution in [0, 0.1) is 0 Å². The predicted octanol–water partition coefficient (Wildman–Crippen LogP) is 4.24. The first kappa shape index (κ1) is 18.7. The zero-order chi connectivity index (χ0) is 19.2. The Labute approximate surface area is 165 Å². The molecule has 0 saturated carbocycles. The molecule has 2 heterocycles. The number of para-hydroxylation sites is 1. The van der Waals surface area contributed by atoms with E-state index in [1.54, 1.807) is 6.07 Å². The van der Waals surface area contributed by atoms with E-state index < -0.39 is 0 Å². The number of unbranched alkanes of at least 4 members (excludes halogenated alkanes) is 1. The van der Waals surface area contributed by atoms with Crippen molar-refractivity contribution in [1.29, 1.82) is 0 Å². The van der Waals surface area contributed by atoms with Gasteiger partial charge in [-0.1, -0.05) is 18.6 Å². The van der Waals surface area contributed by atoms with Crippen LogP contribution in [-0.4, -0.2) is 41.1 Å². The molecule has 4 rings (SSSR count). The minimum Gasteiger partial charge on any atom is -0.494 e. The summed E-state index contributed by atoms with van der Waals surface area (Å²) in [5.41, 5.74) is 1.46. The normalized spacial score (nSPS) is 15.0. The molecule has 0 spiro atoms. The number of hydrogen-bond acceptors (Lipinski definition) is 4. The third-order valence-corrected chi connectivity index (χ3v) is 5.33. The van der Waals surface area contributed by atoms with Crippen molar-refractivity contribution in [2.75, 3.05) is 26.2 Å². The molecule has 0 radical (unpaired) electrons. The molecule has 3 aromatic rings. The smallest absolute Gasteiger partial charge is 0.259 e. The van der Waals surface area contributed by atoms with Gasteiger partial charge in [-0.3, -0.25) is 4.79 Å². The lowest BCUT2D eigenvalue weighted by molar-refractivity contribution is 0.216. The van der Waals surface area contributed by atoms with Crippen LogP contribution in [0.3, 0.4) is 0 Å². The molecule has 0 bridgehead atoms. The molecule has 28 heavy (non-hydrogen) atoms. The summed E-state index contributed by atoms with van der Waals surface area (Å²) in [4.78, 5) is 22.2. The maximum Gasteiger partial charge on any atom is 0.259 e.